The monoisotopic (exact) mass is 332 g/mol. The van der Waals surface area contributed by atoms with Crippen molar-refractivity contribution in [3.63, 3.8) is 0 Å². The molecule has 0 bridgehead atoms. The van der Waals surface area contributed by atoms with E-state index in [-0.39, 0.29) is 17.5 Å². The molecule has 0 aliphatic carbocycles. The van der Waals surface area contributed by atoms with Crippen molar-refractivity contribution in [3.8, 4) is 11.5 Å². The molecule has 1 aromatic carbocycles. The summed E-state index contributed by atoms with van der Waals surface area (Å²) in [5.41, 5.74) is 0.525. The van der Waals surface area contributed by atoms with E-state index in [2.05, 4.69) is 5.10 Å². The van der Waals surface area contributed by atoms with E-state index in [4.69, 9.17) is 4.42 Å². The molecule has 3 rings (SSSR count). The molecule has 118 valence electrons. The summed E-state index contributed by atoms with van der Waals surface area (Å²) >= 11 is 1.40. The van der Waals surface area contributed by atoms with Crippen molar-refractivity contribution in [2.75, 3.05) is 0 Å². The second-order valence-electron chi connectivity index (χ2n) is 4.91. The fourth-order valence-corrected chi connectivity index (χ4v) is 2.80. The van der Waals surface area contributed by atoms with E-state index in [1.54, 1.807) is 6.07 Å². The van der Waals surface area contributed by atoms with E-state index in [1.165, 1.54) is 40.3 Å². The van der Waals surface area contributed by atoms with Crippen LogP contribution in [0.25, 0.3) is 11.5 Å². The van der Waals surface area contributed by atoms with Gasteiger partial charge in [0.15, 0.2) is 5.78 Å². The number of carbonyl (C=O) groups is 1. The van der Waals surface area contributed by atoms with Gasteiger partial charge in [0.1, 0.15) is 5.82 Å². The summed E-state index contributed by atoms with van der Waals surface area (Å²) in [4.78, 5) is 24.4. The maximum absolute atomic E-state index is 12.9. The average Bonchev–Trinajstić information content (AvgIpc) is 3.18. The maximum Gasteiger partial charge on any atom is 0.437 e. The fraction of sp³-hybridized carbons (Fsp3) is 0.188. The summed E-state index contributed by atoms with van der Waals surface area (Å²) in [6, 6.07) is 9.13. The first-order valence-electron chi connectivity index (χ1n) is 7.04. The van der Waals surface area contributed by atoms with Gasteiger partial charge in [-0.1, -0.05) is 6.07 Å². The first kappa shape index (κ1) is 15.4. The van der Waals surface area contributed by atoms with Crippen LogP contribution in [0.5, 0.6) is 0 Å². The minimum absolute atomic E-state index is 0.0512. The number of rotatable bonds is 6. The molecule has 2 aromatic heterocycles. The van der Waals surface area contributed by atoms with Gasteiger partial charge < -0.3 is 4.42 Å². The number of hydrogen-bond acceptors (Lipinski definition) is 5. The van der Waals surface area contributed by atoms with E-state index in [9.17, 15) is 14.0 Å². The van der Waals surface area contributed by atoms with Crippen molar-refractivity contribution in [1.82, 2.24) is 9.78 Å². The van der Waals surface area contributed by atoms with E-state index in [0.29, 0.717) is 29.8 Å². The predicted molar refractivity (Wildman–Crippen MR) is 84.0 cm³/mol. The number of ketones is 1. The molecule has 2 heterocycles. The summed E-state index contributed by atoms with van der Waals surface area (Å²) in [5.74, 6) is -0.773. The lowest BCUT2D eigenvalue weighted by Gasteiger charge is -1.98. The largest absolute Gasteiger partial charge is 0.437 e. The predicted octanol–water partition coefficient (Wildman–Crippen LogP) is 3.37. The number of halogens is 1. The minimum atomic E-state index is -0.590. The van der Waals surface area contributed by atoms with Crippen molar-refractivity contribution in [2.24, 2.45) is 0 Å². The number of thiophene rings is 1. The van der Waals surface area contributed by atoms with Crippen molar-refractivity contribution in [1.29, 1.82) is 0 Å². The molecular weight excluding hydrogens is 319 g/mol. The van der Waals surface area contributed by atoms with Crippen LogP contribution in [0.15, 0.2) is 51.0 Å². The molecule has 0 saturated heterocycles. The Balaban J connectivity index is 1.64. The minimum Gasteiger partial charge on any atom is -0.388 e. The van der Waals surface area contributed by atoms with E-state index < -0.39 is 5.76 Å². The summed E-state index contributed by atoms with van der Waals surface area (Å²) in [7, 11) is 0. The van der Waals surface area contributed by atoms with Crippen molar-refractivity contribution in [2.45, 2.75) is 19.4 Å². The molecule has 0 aliphatic rings. The number of aryl methyl sites for hydroxylation is 1. The fourth-order valence-electron chi connectivity index (χ4n) is 2.11. The molecule has 3 aromatic rings. The van der Waals surface area contributed by atoms with E-state index >= 15 is 0 Å². The van der Waals surface area contributed by atoms with Crippen molar-refractivity contribution < 1.29 is 13.6 Å². The Morgan fingerprint density at radius 1 is 1.26 bits per heavy atom. The highest BCUT2D eigenvalue weighted by molar-refractivity contribution is 7.12. The Hall–Kier alpha value is -2.54. The van der Waals surface area contributed by atoms with Gasteiger partial charge in [-0.15, -0.1) is 16.4 Å². The zero-order valence-electron chi connectivity index (χ0n) is 12.1. The maximum atomic E-state index is 12.9. The molecule has 7 heteroatoms. The van der Waals surface area contributed by atoms with Crippen LogP contribution in [0.2, 0.25) is 0 Å². The van der Waals surface area contributed by atoms with Crippen LogP contribution in [0.3, 0.4) is 0 Å². The molecule has 5 nitrogen and oxygen atoms in total. The van der Waals surface area contributed by atoms with Gasteiger partial charge >= 0.3 is 5.76 Å². The summed E-state index contributed by atoms with van der Waals surface area (Å²) < 4.78 is 19.1. The Morgan fingerprint density at radius 3 is 2.74 bits per heavy atom. The number of carbonyl (C=O) groups excluding carboxylic acids is 1. The van der Waals surface area contributed by atoms with Crippen LogP contribution in [0, 0.1) is 5.82 Å². The number of hydrogen-bond donors (Lipinski definition) is 0. The third-order valence-electron chi connectivity index (χ3n) is 3.27. The highest BCUT2D eigenvalue weighted by Gasteiger charge is 2.12. The molecule has 0 unspecified atom stereocenters. The standard InChI is InChI=1S/C16H13FN2O3S/c17-12-7-5-11(6-8-12)15-18-19(16(21)22-15)9-1-3-13(20)14-4-2-10-23-14/h2,4-8,10H,1,3,9H2. The van der Waals surface area contributed by atoms with Gasteiger partial charge in [-0.25, -0.2) is 9.18 Å². The Bertz CT molecular complexity index is 850. The number of aromatic nitrogens is 2. The topological polar surface area (TPSA) is 65.1 Å². The van der Waals surface area contributed by atoms with Crippen LogP contribution in [0.1, 0.15) is 22.5 Å². The van der Waals surface area contributed by atoms with Crippen LogP contribution in [-0.4, -0.2) is 15.6 Å². The molecular formula is C16H13FN2O3S. The Morgan fingerprint density at radius 2 is 2.04 bits per heavy atom. The molecule has 0 saturated carbocycles. The van der Waals surface area contributed by atoms with Gasteiger partial charge in [0.05, 0.1) is 4.88 Å². The van der Waals surface area contributed by atoms with Gasteiger partial charge in [-0.05, 0) is 42.1 Å². The lowest BCUT2D eigenvalue weighted by molar-refractivity contribution is 0.0982. The Kier molecular flexibility index (Phi) is 4.47. The SMILES string of the molecule is O=C(CCCn1nc(-c2ccc(F)cc2)oc1=O)c1cccs1. The molecule has 0 fully saturated rings. The average molecular weight is 332 g/mol. The molecule has 0 N–H and O–H groups in total. The third kappa shape index (κ3) is 3.62. The molecule has 0 atom stereocenters. The van der Waals surface area contributed by atoms with Gasteiger partial charge in [0.2, 0.25) is 5.89 Å². The zero-order valence-corrected chi connectivity index (χ0v) is 12.9. The first-order chi connectivity index (χ1) is 11.1. The summed E-state index contributed by atoms with van der Waals surface area (Å²) in [5, 5.41) is 5.93. The van der Waals surface area contributed by atoms with Crippen LogP contribution < -0.4 is 5.76 Å². The second kappa shape index (κ2) is 6.70. The van der Waals surface area contributed by atoms with Crippen molar-refractivity contribution >= 4 is 17.1 Å². The molecule has 0 spiro atoms. The normalized spacial score (nSPS) is 10.8. The van der Waals surface area contributed by atoms with Crippen LogP contribution in [-0.2, 0) is 6.54 Å². The number of benzene rings is 1. The number of nitrogens with zero attached hydrogens (tertiary/aromatic N) is 2. The van der Waals surface area contributed by atoms with Gasteiger partial charge in [-0.3, -0.25) is 4.79 Å². The van der Waals surface area contributed by atoms with E-state index in [0.717, 1.165) is 0 Å². The molecule has 0 radical (unpaired) electrons. The lowest BCUT2D eigenvalue weighted by atomic mass is 10.2. The van der Waals surface area contributed by atoms with Gasteiger partial charge in [0, 0.05) is 18.5 Å². The smallest absolute Gasteiger partial charge is 0.388 e. The Labute approximate surface area is 135 Å². The zero-order chi connectivity index (χ0) is 16.2. The highest BCUT2D eigenvalue weighted by atomic mass is 32.1. The van der Waals surface area contributed by atoms with E-state index in [1.807, 2.05) is 11.4 Å². The third-order valence-corrected chi connectivity index (χ3v) is 4.18. The first-order valence-corrected chi connectivity index (χ1v) is 7.92. The molecule has 0 amide bonds. The second-order valence-corrected chi connectivity index (χ2v) is 5.85. The van der Waals surface area contributed by atoms with Gasteiger partial charge in [0.25, 0.3) is 0 Å². The highest BCUT2D eigenvalue weighted by Crippen LogP contribution is 2.16. The quantitative estimate of drug-likeness (QED) is 0.649. The number of Topliss-reactive ketones (excluding diaryl/α,β-unsaturated/α-hetero) is 1. The summed E-state index contributed by atoms with van der Waals surface area (Å²) in [6.07, 6.45) is 0.831. The van der Waals surface area contributed by atoms with Crippen LogP contribution in [0.4, 0.5) is 4.39 Å². The summed E-state index contributed by atoms with van der Waals surface area (Å²) in [6.45, 7) is 0.292. The molecule has 0 aliphatic heterocycles. The lowest BCUT2D eigenvalue weighted by Crippen LogP contribution is -2.16. The molecule has 23 heavy (non-hydrogen) atoms. The van der Waals surface area contributed by atoms with Crippen LogP contribution >= 0.6 is 11.3 Å². The van der Waals surface area contributed by atoms with Gasteiger partial charge in [-0.2, -0.15) is 4.68 Å². The van der Waals surface area contributed by atoms with Crippen molar-refractivity contribution in [3.05, 3.63) is 63.0 Å².